The number of amides is 2. The lowest BCUT2D eigenvalue weighted by Gasteiger charge is -2.19. The van der Waals surface area contributed by atoms with Crippen LogP contribution in [-0.2, 0) is 21.3 Å². The molecule has 0 radical (unpaired) electrons. The molecule has 0 aromatic heterocycles. The van der Waals surface area contributed by atoms with Gasteiger partial charge in [-0.1, -0.05) is 111 Å². The van der Waals surface area contributed by atoms with Gasteiger partial charge in [-0.05, 0) is 70.5 Å². The van der Waals surface area contributed by atoms with Gasteiger partial charge in [-0.3, -0.25) is 14.1 Å². The van der Waals surface area contributed by atoms with Gasteiger partial charge in [0.2, 0.25) is 5.91 Å². The minimum absolute atomic E-state index is 0.0368. The Labute approximate surface area is 280 Å². The van der Waals surface area contributed by atoms with E-state index in [4.69, 9.17) is 27.8 Å². The predicted molar refractivity (Wildman–Crippen MR) is 187 cm³/mol. The lowest BCUT2D eigenvalue weighted by molar-refractivity contribution is -0.117. The molecule has 240 valence electrons. The number of hydrogen-bond donors (Lipinski definition) is 3. The summed E-state index contributed by atoms with van der Waals surface area (Å²) in [5.41, 5.74) is 5.41. The molecule has 0 bridgehead atoms. The van der Waals surface area contributed by atoms with Crippen molar-refractivity contribution >= 4 is 56.9 Å². The van der Waals surface area contributed by atoms with Gasteiger partial charge in [-0.25, -0.2) is 0 Å². The molecule has 4 aromatic carbocycles. The number of halogens is 2. The van der Waals surface area contributed by atoms with Gasteiger partial charge in [-0.15, -0.1) is 0 Å². The van der Waals surface area contributed by atoms with Gasteiger partial charge in [0.05, 0.1) is 11.7 Å². The first-order valence-electron chi connectivity index (χ1n) is 14.6. The molecule has 0 saturated heterocycles. The Bertz CT molecular complexity index is 1810. The highest BCUT2D eigenvalue weighted by Gasteiger charge is 2.22. The highest BCUT2D eigenvalue weighted by Crippen LogP contribution is 2.31. The zero-order chi connectivity index (χ0) is 33.5. The third kappa shape index (κ3) is 10.6. The Balaban J connectivity index is 1.54. The summed E-state index contributed by atoms with van der Waals surface area (Å²) in [6.07, 6.45) is 4.56. The maximum Gasteiger partial charge on any atom is 0.266 e. The lowest BCUT2D eigenvalue weighted by atomic mass is 9.89. The number of rotatable bonds is 11. The van der Waals surface area contributed by atoms with Crippen LogP contribution in [-0.4, -0.2) is 37.1 Å². The van der Waals surface area contributed by atoms with Gasteiger partial charge in [0, 0.05) is 33.4 Å². The van der Waals surface area contributed by atoms with E-state index in [2.05, 4.69) is 43.6 Å². The highest BCUT2D eigenvalue weighted by atomic mass is 35.5. The normalized spacial score (nSPS) is 12.6. The zero-order valence-electron chi connectivity index (χ0n) is 25.8. The van der Waals surface area contributed by atoms with Gasteiger partial charge < -0.3 is 10.6 Å². The molecule has 0 saturated carbocycles. The minimum Gasteiger partial charge on any atom is -0.351 e. The van der Waals surface area contributed by atoms with Crippen LogP contribution in [0.15, 0.2) is 97.1 Å². The van der Waals surface area contributed by atoms with E-state index in [0.717, 1.165) is 27.8 Å². The summed E-state index contributed by atoms with van der Waals surface area (Å²) < 4.78 is 30.7. The van der Waals surface area contributed by atoms with E-state index in [1.54, 1.807) is 36.4 Å². The summed E-state index contributed by atoms with van der Waals surface area (Å²) in [4.78, 5) is 26.2. The Morgan fingerprint density at radius 2 is 1.54 bits per heavy atom. The third-order valence-corrected chi connectivity index (χ3v) is 8.40. The van der Waals surface area contributed by atoms with Crippen LogP contribution in [0.1, 0.15) is 53.7 Å². The third-order valence-electron chi connectivity index (χ3n) is 7.13. The Morgan fingerprint density at radius 3 is 2.13 bits per heavy atom. The van der Waals surface area contributed by atoms with Gasteiger partial charge in [0.1, 0.15) is 0 Å². The van der Waals surface area contributed by atoms with Crippen LogP contribution in [0.4, 0.5) is 5.69 Å². The van der Waals surface area contributed by atoms with Gasteiger partial charge in [-0.2, -0.15) is 8.42 Å². The molecule has 4 aromatic rings. The van der Waals surface area contributed by atoms with Crippen molar-refractivity contribution in [3.8, 4) is 11.1 Å². The zero-order valence-corrected chi connectivity index (χ0v) is 28.1. The minimum atomic E-state index is -4.18. The molecule has 0 aliphatic rings. The molecule has 0 spiro atoms. The maximum atomic E-state index is 13.8. The van der Waals surface area contributed by atoms with E-state index in [-0.39, 0.29) is 17.9 Å². The first-order chi connectivity index (χ1) is 21.7. The van der Waals surface area contributed by atoms with Crippen LogP contribution in [0.3, 0.4) is 0 Å². The number of benzene rings is 4. The van der Waals surface area contributed by atoms with E-state index in [0.29, 0.717) is 27.7 Å². The second-order valence-electron chi connectivity index (χ2n) is 12.1. The van der Waals surface area contributed by atoms with Gasteiger partial charge >= 0.3 is 0 Å². The van der Waals surface area contributed by atoms with E-state index < -0.39 is 27.7 Å². The summed E-state index contributed by atoms with van der Waals surface area (Å²) in [7, 11) is -4.18. The lowest BCUT2D eigenvalue weighted by Crippen LogP contribution is -2.28. The monoisotopic (exact) mass is 678 g/mol. The average Bonchev–Trinajstić information content (AvgIpc) is 2.99. The molecular formula is C36H36Cl2N2O5S. The number of carbonyl (C=O) groups is 2. The average molecular weight is 680 g/mol. The molecular weight excluding hydrogens is 643 g/mol. The molecule has 0 fully saturated rings. The van der Waals surface area contributed by atoms with Crippen molar-refractivity contribution in [2.75, 3.05) is 17.6 Å². The highest BCUT2D eigenvalue weighted by molar-refractivity contribution is 7.85. The number of nitrogens with one attached hydrogen (secondary N) is 2. The summed E-state index contributed by atoms with van der Waals surface area (Å²) in [5, 5.41) is 6.60. The molecule has 1 unspecified atom stereocenters. The summed E-state index contributed by atoms with van der Waals surface area (Å²) in [6, 6.07) is 27.4. The predicted octanol–water partition coefficient (Wildman–Crippen LogP) is 8.30. The van der Waals surface area contributed by atoms with Crippen LogP contribution in [0.2, 0.25) is 10.0 Å². The largest absolute Gasteiger partial charge is 0.351 e. The Kier molecular flexibility index (Phi) is 11.5. The van der Waals surface area contributed by atoms with Crippen LogP contribution in [0, 0.1) is 5.41 Å². The number of carbonyl (C=O) groups excluding carboxylic acids is 2. The first-order valence-corrected chi connectivity index (χ1v) is 17.0. The molecule has 7 nitrogen and oxygen atoms in total. The van der Waals surface area contributed by atoms with Crippen LogP contribution < -0.4 is 10.6 Å². The smallest absolute Gasteiger partial charge is 0.266 e. The van der Waals surface area contributed by atoms with E-state index >= 15 is 0 Å². The second-order valence-corrected chi connectivity index (χ2v) is 14.5. The van der Waals surface area contributed by atoms with Gasteiger partial charge in [0.15, 0.2) is 0 Å². The fourth-order valence-corrected chi connectivity index (χ4v) is 5.53. The van der Waals surface area contributed by atoms with E-state index in [9.17, 15) is 18.0 Å². The van der Waals surface area contributed by atoms with Crippen molar-refractivity contribution in [1.29, 1.82) is 0 Å². The van der Waals surface area contributed by atoms with Gasteiger partial charge in [0.25, 0.3) is 16.0 Å². The quantitative estimate of drug-likeness (QED) is 0.138. The molecule has 0 aliphatic heterocycles. The Morgan fingerprint density at radius 1 is 0.891 bits per heavy atom. The van der Waals surface area contributed by atoms with Crippen molar-refractivity contribution < 1.29 is 22.6 Å². The van der Waals surface area contributed by atoms with Crippen LogP contribution in [0.25, 0.3) is 17.2 Å². The van der Waals surface area contributed by atoms with E-state index in [1.807, 2.05) is 54.6 Å². The molecule has 2 amide bonds. The molecule has 0 aliphatic carbocycles. The molecule has 1 atom stereocenters. The van der Waals surface area contributed by atoms with Crippen molar-refractivity contribution in [2.45, 2.75) is 33.1 Å². The molecule has 0 heterocycles. The summed E-state index contributed by atoms with van der Waals surface area (Å²) in [6.45, 7) is 6.17. The molecule has 10 heteroatoms. The topological polar surface area (TPSA) is 113 Å². The molecule has 4 rings (SSSR count). The second kappa shape index (κ2) is 15.1. The van der Waals surface area contributed by atoms with Crippen LogP contribution >= 0.6 is 23.2 Å². The Hall–Kier alpha value is -3.95. The molecule has 46 heavy (non-hydrogen) atoms. The molecule has 3 N–H and O–H groups in total. The van der Waals surface area contributed by atoms with Crippen molar-refractivity contribution in [3.05, 3.63) is 129 Å². The van der Waals surface area contributed by atoms with Crippen molar-refractivity contribution in [1.82, 2.24) is 5.32 Å². The number of anilines is 1. The SMILES string of the molecule is CC(C)(C)/C=C/c1ccc(C(Cc2ccc(C(=O)NCCS(=O)(=O)O)cc2)C(=O)Nc2ccc(-c3ccc(Cl)cc3Cl)cc2)cc1. The van der Waals surface area contributed by atoms with Crippen LogP contribution in [0.5, 0.6) is 0 Å². The fourth-order valence-electron chi connectivity index (χ4n) is 4.66. The maximum absolute atomic E-state index is 13.8. The van der Waals surface area contributed by atoms with Crippen molar-refractivity contribution in [2.24, 2.45) is 5.41 Å². The van der Waals surface area contributed by atoms with Crippen molar-refractivity contribution in [3.63, 3.8) is 0 Å². The summed E-state index contributed by atoms with van der Waals surface area (Å²) in [5.74, 6) is -1.77. The number of hydrogen-bond acceptors (Lipinski definition) is 4. The summed E-state index contributed by atoms with van der Waals surface area (Å²) >= 11 is 12.4. The fraction of sp³-hybridized carbons (Fsp3) is 0.222. The number of allylic oxidation sites excluding steroid dienone is 1. The first kappa shape index (κ1) is 34.9. The standard InChI is InChI=1S/C36H36Cl2N2O5S/c1-36(2,3)19-18-24-4-8-27(9-5-24)32(22-25-6-10-28(11-7-25)34(41)39-20-21-46(43,44)45)35(42)40-30-15-12-26(13-16-30)31-17-14-29(37)23-33(31)38/h4-19,23,32H,20-22H2,1-3H3,(H,39,41)(H,40,42)(H,43,44,45)/b19-18+. The van der Waals surface area contributed by atoms with E-state index in [1.165, 1.54) is 0 Å².